The zero-order valence-corrected chi connectivity index (χ0v) is 11.9. The monoisotopic (exact) mass is 251 g/mol. The Bertz CT molecular complexity index is 264. The van der Waals surface area contributed by atoms with Crippen LogP contribution in [0.1, 0.15) is 44.9 Å². The quantitative estimate of drug-likeness (QED) is 0.802. The van der Waals surface area contributed by atoms with Crippen molar-refractivity contribution in [3.05, 3.63) is 0 Å². The number of hydrogen-bond donors (Lipinski definition) is 1. The number of likely N-dealkylation sites (tertiary alicyclic amines) is 2. The first-order valence-corrected chi connectivity index (χ1v) is 8.00. The van der Waals surface area contributed by atoms with Gasteiger partial charge in [0.25, 0.3) is 0 Å². The second-order valence-electron chi connectivity index (χ2n) is 6.58. The highest BCUT2D eigenvalue weighted by Gasteiger charge is 2.34. The van der Waals surface area contributed by atoms with E-state index in [0.29, 0.717) is 0 Å². The predicted molar refractivity (Wildman–Crippen MR) is 75.9 cm³/mol. The highest BCUT2D eigenvalue weighted by molar-refractivity contribution is 4.92. The maximum atomic E-state index is 3.79. The second-order valence-corrected chi connectivity index (χ2v) is 6.58. The Balaban J connectivity index is 1.32. The lowest BCUT2D eigenvalue weighted by atomic mass is 10.00. The van der Waals surface area contributed by atoms with E-state index in [1.165, 1.54) is 71.1 Å². The number of rotatable bonds is 5. The van der Waals surface area contributed by atoms with Crippen molar-refractivity contribution >= 4 is 0 Å². The third kappa shape index (κ3) is 3.25. The van der Waals surface area contributed by atoms with Gasteiger partial charge in [0.05, 0.1) is 0 Å². The second kappa shape index (κ2) is 5.89. The van der Waals surface area contributed by atoms with Crippen molar-refractivity contribution < 1.29 is 0 Å². The standard InChI is InChI=1S/C15H29N3/c1-17-10-3-2-4-14(17)7-9-16-13-8-11-18(12-13)15-5-6-15/h13-16H,2-12H2,1H3. The molecule has 0 aromatic carbocycles. The van der Waals surface area contributed by atoms with Gasteiger partial charge in [-0.3, -0.25) is 4.90 Å². The van der Waals surface area contributed by atoms with Crippen LogP contribution in [0.15, 0.2) is 0 Å². The molecule has 2 heterocycles. The van der Waals surface area contributed by atoms with Gasteiger partial charge < -0.3 is 10.2 Å². The van der Waals surface area contributed by atoms with Crippen molar-refractivity contribution in [1.82, 2.24) is 15.1 Å². The molecule has 18 heavy (non-hydrogen) atoms. The summed E-state index contributed by atoms with van der Waals surface area (Å²) in [6.45, 7) is 5.18. The van der Waals surface area contributed by atoms with E-state index in [4.69, 9.17) is 0 Å². The van der Waals surface area contributed by atoms with Crippen LogP contribution in [-0.2, 0) is 0 Å². The van der Waals surface area contributed by atoms with Gasteiger partial charge in [-0.25, -0.2) is 0 Å². The van der Waals surface area contributed by atoms with Crippen LogP contribution in [-0.4, -0.2) is 61.2 Å². The van der Waals surface area contributed by atoms with E-state index in [1.807, 2.05) is 0 Å². The molecule has 0 spiro atoms. The summed E-state index contributed by atoms with van der Waals surface area (Å²) in [5, 5.41) is 3.79. The number of nitrogens with one attached hydrogen (secondary N) is 1. The lowest BCUT2D eigenvalue weighted by Crippen LogP contribution is -2.40. The zero-order valence-electron chi connectivity index (χ0n) is 11.9. The lowest BCUT2D eigenvalue weighted by molar-refractivity contribution is 0.174. The topological polar surface area (TPSA) is 18.5 Å². The maximum absolute atomic E-state index is 3.79. The van der Waals surface area contributed by atoms with Gasteiger partial charge in [0.2, 0.25) is 0 Å². The number of nitrogens with zero attached hydrogens (tertiary/aromatic N) is 2. The van der Waals surface area contributed by atoms with Crippen LogP contribution in [0.25, 0.3) is 0 Å². The Kier molecular flexibility index (Phi) is 4.22. The van der Waals surface area contributed by atoms with Gasteiger partial charge in [0.1, 0.15) is 0 Å². The first kappa shape index (κ1) is 12.9. The van der Waals surface area contributed by atoms with Crippen LogP contribution in [0.2, 0.25) is 0 Å². The van der Waals surface area contributed by atoms with Crippen LogP contribution < -0.4 is 5.32 Å². The van der Waals surface area contributed by atoms with E-state index < -0.39 is 0 Å². The summed E-state index contributed by atoms with van der Waals surface area (Å²) in [6.07, 6.45) is 9.89. The first-order valence-electron chi connectivity index (χ1n) is 8.00. The minimum absolute atomic E-state index is 0.777. The summed E-state index contributed by atoms with van der Waals surface area (Å²) < 4.78 is 0. The van der Waals surface area contributed by atoms with Crippen molar-refractivity contribution in [3.8, 4) is 0 Å². The summed E-state index contributed by atoms with van der Waals surface area (Å²) >= 11 is 0. The molecule has 0 radical (unpaired) electrons. The highest BCUT2D eigenvalue weighted by Crippen LogP contribution is 2.29. The molecule has 1 aliphatic carbocycles. The maximum Gasteiger partial charge on any atom is 0.0207 e. The fourth-order valence-corrected chi connectivity index (χ4v) is 3.69. The van der Waals surface area contributed by atoms with Crippen LogP contribution in [0.3, 0.4) is 0 Å². The molecule has 3 aliphatic rings. The Morgan fingerprint density at radius 3 is 2.72 bits per heavy atom. The molecule has 104 valence electrons. The SMILES string of the molecule is CN1CCCCC1CCNC1CCN(C2CC2)C1. The molecular weight excluding hydrogens is 222 g/mol. The lowest BCUT2D eigenvalue weighted by Gasteiger charge is -2.32. The molecule has 1 saturated carbocycles. The van der Waals surface area contributed by atoms with Gasteiger partial charge in [0.15, 0.2) is 0 Å². The van der Waals surface area contributed by atoms with Crippen LogP contribution in [0.4, 0.5) is 0 Å². The first-order chi connectivity index (χ1) is 8.83. The molecule has 2 atom stereocenters. The van der Waals surface area contributed by atoms with Crippen molar-refractivity contribution in [2.75, 3.05) is 33.2 Å². The fourth-order valence-electron chi connectivity index (χ4n) is 3.69. The minimum atomic E-state index is 0.777. The van der Waals surface area contributed by atoms with E-state index in [9.17, 15) is 0 Å². The molecule has 0 aromatic rings. The molecule has 2 aliphatic heterocycles. The molecule has 3 fully saturated rings. The smallest absolute Gasteiger partial charge is 0.0207 e. The molecule has 0 amide bonds. The van der Waals surface area contributed by atoms with Crippen LogP contribution in [0, 0.1) is 0 Å². The van der Waals surface area contributed by atoms with Gasteiger partial charge in [0, 0.05) is 31.2 Å². The summed E-state index contributed by atoms with van der Waals surface area (Å²) in [7, 11) is 2.30. The Morgan fingerprint density at radius 2 is 1.94 bits per heavy atom. The van der Waals surface area contributed by atoms with Gasteiger partial charge in [-0.1, -0.05) is 6.42 Å². The van der Waals surface area contributed by atoms with Crippen molar-refractivity contribution in [3.63, 3.8) is 0 Å². The minimum Gasteiger partial charge on any atom is -0.313 e. The zero-order chi connectivity index (χ0) is 12.4. The fraction of sp³-hybridized carbons (Fsp3) is 1.00. The molecule has 0 aromatic heterocycles. The highest BCUT2D eigenvalue weighted by atomic mass is 15.2. The Hall–Kier alpha value is -0.120. The number of hydrogen-bond acceptors (Lipinski definition) is 3. The summed E-state index contributed by atoms with van der Waals surface area (Å²) in [5.74, 6) is 0. The van der Waals surface area contributed by atoms with E-state index in [1.54, 1.807) is 0 Å². The molecule has 2 saturated heterocycles. The molecule has 3 rings (SSSR count). The van der Waals surface area contributed by atoms with Crippen molar-refractivity contribution in [1.29, 1.82) is 0 Å². The number of piperidine rings is 1. The molecule has 1 N–H and O–H groups in total. The average molecular weight is 251 g/mol. The van der Waals surface area contributed by atoms with Crippen molar-refractivity contribution in [2.24, 2.45) is 0 Å². The molecule has 3 nitrogen and oxygen atoms in total. The summed E-state index contributed by atoms with van der Waals surface area (Å²) in [6, 6.07) is 2.58. The molecule has 3 heteroatoms. The van der Waals surface area contributed by atoms with Gasteiger partial charge in [-0.05, 0) is 58.7 Å². The largest absolute Gasteiger partial charge is 0.313 e. The molecular formula is C15H29N3. The summed E-state index contributed by atoms with van der Waals surface area (Å²) in [4.78, 5) is 5.26. The molecule has 2 unspecified atom stereocenters. The normalized spacial score (nSPS) is 35.2. The van der Waals surface area contributed by atoms with Gasteiger partial charge in [-0.15, -0.1) is 0 Å². The third-order valence-corrected chi connectivity index (χ3v) is 5.12. The Morgan fingerprint density at radius 1 is 1.06 bits per heavy atom. The van der Waals surface area contributed by atoms with E-state index >= 15 is 0 Å². The average Bonchev–Trinajstić information content (AvgIpc) is 3.12. The summed E-state index contributed by atoms with van der Waals surface area (Å²) in [5.41, 5.74) is 0. The predicted octanol–water partition coefficient (Wildman–Crippen LogP) is 1.69. The van der Waals surface area contributed by atoms with E-state index in [2.05, 4.69) is 22.2 Å². The van der Waals surface area contributed by atoms with Gasteiger partial charge in [-0.2, -0.15) is 0 Å². The van der Waals surface area contributed by atoms with Gasteiger partial charge >= 0.3 is 0 Å². The Labute approximate surface area is 112 Å². The molecule has 0 bridgehead atoms. The van der Waals surface area contributed by atoms with Crippen molar-refractivity contribution in [2.45, 2.75) is 63.1 Å². The van der Waals surface area contributed by atoms with Crippen LogP contribution in [0.5, 0.6) is 0 Å². The van der Waals surface area contributed by atoms with E-state index in [0.717, 1.165) is 18.1 Å². The van der Waals surface area contributed by atoms with Crippen LogP contribution >= 0.6 is 0 Å². The third-order valence-electron chi connectivity index (χ3n) is 5.12. The van der Waals surface area contributed by atoms with E-state index in [-0.39, 0.29) is 0 Å².